The van der Waals surface area contributed by atoms with Gasteiger partial charge < -0.3 is 15.8 Å². The van der Waals surface area contributed by atoms with E-state index in [-0.39, 0.29) is 11.8 Å². The van der Waals surface area contributed by atoms with Gasteiger partial charge in [0.05, 0.1) is 7.11 Å². The number of nitrogens with two attached hydrogens (primary N) is 1. The zero-order valence-electron chi connectivity index (χ0n) is 10.8. The van der Waals surface area contributed by atoms with E-state index in [4.69, 9.17) is 10.5 Å². The van der Waals surface area contributed by atoms with Crippen LogP contribution >= 0.6 is 0 Å². The molecule has 4 heteroatoms. The summed E-state index contributed by atoms with van der Waals surface area (Å²) in [7, 11) is 1.61. The van der Waals surface area contributed by atoms with Gasteiger partial charge in [0.1, 0.15) is 11.3 Å². The third-order valence-corrected chi connectivity index (χ3v) is 3.14. The van der Waals surface area contributed by atoms with Gasteiger partial charge in [0.15, 0.2) is 0 Å². The number of hydrogen-bond acceptors (Lipinski definition) is 3. The molecule has 17 heavy (non-hydrogen) atoms. The first kappa shape index (κ1) is 13.4. The zero-order chi connectivity index (χ0) is 13.1. The van der Waals surface area contributed by atoms with Crippen molar-refractivity contribution >= 4 is 11.6 Å². The molecule has 0 aliphatic carbocycles. The third-order valence-electron chi connectivity index (χ3n) is 3.14. The molecule has 0 bridgehead atoms. The first-order chi connectivity index (χ1) is 7.90. The number of ether oxygens (including phenoxy) is 1. The fourth-order valence-corrected chi connectivity index (χ4v) is 1.49. The molecule has 0 aliphatic rings. The van der Waals surface area contributed by atoms with Crippen LogP contribution in [-0.2, 0) is 4.79 Å². The molecule has 3 N–H and O–H groups in total. The van der Waals surface area contributed by atoms with Gasteiger partial charge in [0.2, 0.25) is 5.91 Å². The van der Waals surface area contributed by atoms with Crippen LogP contribution in [0.15, 0.2) is 24.3 Å². The van der Waals surface area contributed by atoms with Gasteiger partial charge in [0.25, 0.3) is 0 Å². The van der Waals surface area contributed by atoms with Gasteiger partial charge in [-0.3, -0.25) is 4.79 Å². The number of nitrogens with one attached hydrogen (secondary N) is 1. The third kappa shape index (κ3) is 2.90. The lowest BCUT2D eigenvalue weighted by Crippen LogP contribution is -2.51. The van der Waals surface area contributed by atoms with Gasteiger partial charge in [-0.15, -0.1) is 0 Å². The smallest absolute Gasteiger partial charge is 0.243 e. The second kappa shape index (κ2) is 5.08. The molecule has 1 atom stereocenters. The lowest BCUT2D eigenvalue weighted by atomic mass is 9.87. The molecule has 4 nitrogen and oxygen atoms in total. The van der Waals surface area contributed by atoms with Crippen LogP contribution in [0.1, 0.15) is 20.8 Å². The second-order valence-electron chi connectivity index (χ2n) is 4.58. The first-order valence-corrected chi connectivity index (χ1v) is 5.62. The molecule has 1 rings (SSSR count). The molecule has 0 aliphatic heterocycles. The average molecular weight is 236 g/mol. The van der Waals surface area contributed by atoms with E-state index in [1.165, 1.54) is 0 Å². The van der Waals surface area contributed by atoms with Crippen LogP contribution in [0.25, 0.3) is 0 Å². The minimum atomic E-state index is -0.771. The van der Waals surface area contributed by atoms with Crippen molar-refractivity contribution in [1.29, 1.82) is 0 Å². The molecular formula is C13H20N2O2. The molecule has 94 valence electrons. The summed E-state index contributed by atoms with van der Waals surface area (Å²) in [4.78, 5) is 11.6. The van der Waals surface area contributed by atoms with Crippen LogP contribution in [0.2, 0.25) is 0 Å². The minimum Gasteiger partial charge on any atom is -0.497 e. The molecule has 1 aromatic rings. The Bertz CT molecular complexity index is 404. The highest BCUT2D eigenvalue weighted by molar-refractivity contribution is 5.87. The van der Waals surface area contributed by atoms with E-state index in [1.54, 1.807) is 14.0 Å². The standard InChI is InChI=1S/C13H20N2O2/c1-9(2)13(3,12(14)16)15-10-6-5-7-11(8-10)17-4/h5-9,15H,1-4H3,(H2,14,16). The van der Waals surface area contributed by atoms with Crippen molar-refractivity contribution in [3.63, 3.8) is 0 Å². The van der Waals surface area contributed by atoms with E-state index in [0.29, 0.717) is 0 Å². The fourth-order valence-electron chi connectivity index (χ4n) is 1.49. The van der Waals surface area contributed by atoms with Crippen molar-refractivity contribution < 1.29 is 9.53 Å². The number of amides is 1. The highest BCUT2D eigenvalue weighted by atomic mass is 16.5. The van der Waals surface area contributed by atoms with E-state index < -0.39 is 5.54 Å². The van der Waals surface area contributed by atoms with E-state index in [2.05, 4.69) is 5.32 Å². The Morgan fingerprint density at radius 1 is 1.47 bits per heavy atom. The van der Waals surface area contributed by atoms with E-state index in [1.807, 2.05) is 38.1 Å². The number of rotatable bonds is 5. The van der Waals surface area contributed by atoms with Gasteiger partial charge in [-0.2, -0.15) is 0 Å². The average Bonchev–Trinajstić information content (AvgIpc) is 2.28. The molecular weight excluding hydrogens is 216 g/mol. The van der Waals surface area contributed by atoms with Crippen molar-refractivity contribution in [2.45, 2.75) is 26.3 Å². The molecule has 0 radical (unpaired) electrons. The molecule has 1 unspecified atom stereocenters. The van der Waals surface area contributed by atoms with E-state index in [0.717, 1.165) is 11.4 Å². The summed E-state index contributed by atoms with van der Waals surface area (Å²) in [5, 5.41) is 3.17. The van der Waals surface area contributed by atoms with E-state index in [9.17, 15) is 4.79 Å². The molecule has 0 spiro atoms. The van der Waals surface area contributed by atoms with Gasteiger partial charge in [-0.05, 0) is 25.0 Å². The second-order valence-corrected chi connectivity index (χ2v) is 4.58. The quantitative estimate of drug-likeness (QED) is 0.822. The molecule has 0 saturated heterocycles. The Kier molecular flexibility index (Phi) is 3.99. The molecule has 0 fully saturated rings. The molecule has 0 heterocycles. The number of carbonyl (C=O) groups is 1. The first-order valence-electron chi connectivity index (χ1n) is 5.62. The Labute approximate surface area is 102 Å². The normalized spacial score (nSPS) is 14.2. The summed E-state index contributed by atoms with van der Waals surface area (Å²) >= 11 is 0. The van der Waals surface area contributed by atoms with Crippen LogP contribution in [0.4, 0.5) is 5.69 Å². The van der Waals surface area contributed by atoms with Gasteiger partial charge >= 0.3 is 0 Å². The Balaban J connectivity index is 2.98. The van der Waals surface area contributed by atoms with Gasteiger partial charge in [0, 0.05) is 11.8 Å². The highest BCUT2D eigenvalue weighted by Gasteiger charge is 2.34. The minimum absolute atomic E-state index is 0.0891. The van der Waals surface area contributed by atoms with Crippen LogP contribution in [0.3, 0.4) is 0 Å². The summed E-state index contributed by atoms with van der Waals surface area (Å²) in [5.74, 6) is 0.465. The Morgan fingerprint density at radius 3 is 2.59 bits per heavy atom. The molecule has 0 saturated carbocycles. The van der Waals surface area contributed by atoms with Crippen molar-refractivity contribution in [2.75, 3.05) is 12.4 Å². The van der Waals surface area contributed by atoms with Crippen molar-refractivity contribution in [3.8, 4) is 5.75 Å². The lowest BCUT2D eigenvalue weighted by Gasteiger charge is -2.32. The summed E-state index contributed by atoms with van der Waals surface area (Å²) < 4.78 is 5.13. The molecule has 1 amide bonds. The fraction of sp³-hybridized carbons (Fsp3) is 0.462. The predicted octanol–water partition coefficient (Wildman–Crippen LogP) is 2.01. The highest BCUT2D eigenvalue weighted by Crippen LogP contribution is 2.25. The summed E-state index contributed by atoms with van der Waals surface area (Å²) in [6, 6.07) is 7.43. The van der Waals surface area contributed by atoms with Crippen molar-refractivity contribution in [2.24, 2.45) is 11.7 Å². The number of anilines is 1. The van der Waals surface area contributed by atoms with Crippen molar-refractivity contribution in [1.82, 2.24) is 0 Å². The summed E-state index contributed by atoms with van der Waals surface area (Å²) in [6.07, 6.45) is 0. The van der Waals surface area contributed by atoms with Crippen LogP contribution < -0.4 is 15.8 Å². The number of benzene rings is 1. The zero-order valence-corrected chi connectivity index (χ0v) is 10.8. The number of carbonyl (C=O) groups excluding carboxylic acids is 1. The SMILES string of the molecule is COc1cccc(NC(C)(C(N)=O)C(C)C)c1. The maximum Gasteiger partial charge on any atom is 0.243 e. The molecule has 1 aromatic carbocycles. The lowest BCUT2D eigenvalue weighted by molar-refractivity contribution is -0.123. The number of hydrogen-bond donors (Lipinski definition) is 2. The Morgan fingerprint density at radius 2 is 2.12 bits per heavy atom. The monoisotopic (exact) mass is 236 g/mol. The maximum absolute atomic E-state index is 11.6. The molecule has 0 aromatic heterocycles. The largest absolute Gasteiger partial charge is 0.497 e. The van der Waals surface area contributed by atoms with E-state index >= 15 is 0 Å². The maximum atomic E-state index is 11.6. The predicted molar refractivity (Wildman–Crippen MR) is 69.1 cm³/mol. The summed E-state index contributed by atoms with van der Waals surface area (Å²) in [5.41, 5.74) is 5.50. The summed E-state index contributed by atoms with van der Waals surface area (Å²) in [6.45, 7) is 5.72. The number of primary amides is 1. The Hall–Kier alpha value is -1.71. The van der Waals surface area contributed by atoms with Crippen LogP contribution in [0, 0.1) is 5.92 Å². The van der Waals surface area contributed by atoms with Crippen LogP contribution in [0.5, 0.6) is 5.75 Å². The number of methoxy groups -OCH3 is 1. The topological polar surface area (TPSA) is 64.3 Å². The van der Waals surface area contributed by atoms with Crippen LogP contribution in [-0.4, -0.2) is 18.6 Å². The van der Waals surface area contributed by atoms with Gasteiger partial charge in [-0.1, -0.05) is 19.9 Å². The van der Waals surface area contributed by atoms with Gasteiger partial charge in [-0.25, -0.2) is 0 Å². The van der Waals surface area contributed by atoms with Crippen molar-refractivity contribution in [3.05, 3.63) is 24.3 Å².